The lowest BCUT2D eigenvalue weighted by molar-refractivity contribution is 0.207. The highest BCUT2D eigenvalue weighted by atomic mass is 32.2. The first-order valence-electron chi connectivity index (χ1n) is 6.90. The molecule has 5 heteroatoms. The Bertz CT molecular complexity index is 306. The van der Waals surface area contributed by atoms with E-state index in [0.29, 0.717) is 6.42 Å². The Kier molecular flexibility index (Phi) is 6.80. The summed E-state index contributed by atoms with van der Waals surface area (Å²) >= 11 is -1.17. The molecule has 0 aromatic heterocycles. The summed E-state index contributed by atoms with van der Waals surface area (Å²) in [5.74, 6) is 0. The van der Waals surface area contributed by atoms with E-state index < -0.39 is 19.7 Å². The highest BCUT2D eigenvalue weighted by Gasteiger charge is 2.38. The maximum Gasteiger partial charge on any atom is 0.192 e. The maximum atomic E-state index is 11.8. The number of rotatable bonds is 5. The second-order valence-electron chi connectivity index (χ2n) is 7.57. The summed E-state index contributed by atoms with van der Waals surface area (Å²) < 4.78 is 21.8. The Balaban J connectivity index is 4.35. The van der Waals surface area contributed by atoms with Crippen molar-refractivity contribution in [2.24, 2.45) is 4.40 Å². The van der Waals surface area contributed by atoms with Gasteiger partial charge in [-0.1, -0.05) is 25.2 Å². The Morgan fingerprint density at radius 2 is 1.68 bits per heavy atom. The summed E-state index contributed by atoms with van der Waals surface area (Å²) in [7, 11) is -1.72. The van der Waals surface area contributed by atoms with Crippen LogP contribution in [0.15, 0.2) is 4.40 Å². The van der Waals surface area contributed by atoms with Gasteiger partial charge in [0.15, 0.2) is 8.32 Å². The lowest BCUT2D eigenvalue weighted by Crippen LogP contribution is -2.43. The minimum absolute atomic E-state index is 0.126. The largest absolute Gasteiger partial charge is 0.591 e. The molecule has 0 aromatic rings. The van der Waals surface area contributed by atoms with Crippen LogP contribution in [0.5, 0.6) is 0 Å². The lowest BCUT2D eigenvalue weighted by atomic mass is 10.2. The molecule has 0 radical (unpaired) electrons. The zero-order valence-electron chi connectivity index (χ0n) is 14.0. The minimum atomic E-state index is -1.72. The van der Waals surface area contributed by atoms with Crippen molar-refractivity contribution in [2.45, 2.75) is 83.9 Å². The van der Waals surface area contributed by atoms with Gasteiger partial charge in [-0.2, -0.15) is 0 Å². The Hall–Kier alpha value is 0.157. The maximum absolute atomic E-state index is 11.8. The standard InChI is InChI=1S/C14H31NO2SSi/c1-12(17-19(8,9)14(5,6)7)10-11-15-18(16)13(2,3)4/h11-12H,10H2,1-9H3/t12-,18?/m0/s1. The summed E-state index contributed by atoms with van der Waals surface area (Å²) in [6.45, 7) is 19.0. The molecule has 0 aliphatic rings. The van der Waals surface area contributed by atoms with Gasteiger partial charge in [-0.15, -0.1) is 0 Å². The van der Waals surface area contributed by atoms with Crippen molar-refractivity contribution in [3.63, 3.8) is 0 Å². The number of nitrogens with zero attached hydrogens (tertiary/aromatic N) is 1. The molecule has 0 aromatic carbocycles. The average molecular weight is 306 g/mol. The van der Waals surface area contributed by atoms with E-state index in [1.165, 1.54) is 0 Å². The van der Waals surface area contributed by atoms with Crippen LogP contribution in [0.2, 0.25) is 18.1 Å². The van der Waals surface area contributed by atoms with E-state index in [9.17, 15) is 4.55 Å². The van der Waals surface area contributed by atoms with Crippen molar-refractivity contribution in [1.29, 1.82) is 0 Å². The Morgan fingerprint density at radius 3 is 2.05 bits per heavy atom. The van der Waals surface area contributed by atoms with Crippen molar-refractivity contribution in [3.05, 3.63) is 0 Å². The molecule has 0 aliphatic heterocycles. The monoisotopic (exact) mass is 305 g/mol. The second kappa shape index (κ2) is 6.74. The third-order valence-corrected chi connectivity index (χ3v) is 9.43. The molecule has 0 saturated heterocycles. The first kappa shape index (κ1) is 19.2. The van der Waals surface area contributed by atoms with Gasteiger partial charge in [0.1, 0.15) is 16.1 Å². The molecule has 0 saturated carbocycles. The molecular weight excluding hydrogens is 274 g/mol. The molecule has 0 fully saturated rings. The number of hydrogen-bond donors (Lipinski definition) is 0. The quantitative estimate of drug-likeness (QED) is 0.431. The van der Waals surface area contributed by atoms with Crippen molar-refractivity contribution in [3.8, 4) is 0 Å². The van der Waals surface area contributed by atoms with E-state index in [2.05, 4.69) is 45.2 Å². The van der Waals surface area contributed by atoms with Gasteiger partial charge in [-0.25, -0.2) is 0 Å². The van der Waals surface area contributed by atoms with Crippen molar-refractivity contribution in [2.75, 3.05) is 0 Å². The van der Waals surface area contributed by atoms with Gasteiger partial charge in [0.2, 0.25) is 0 Å². The fourth-order valence-corrected chi connectivity index (χ4v) is 3.14. The van der Waals surface area contributed by atoms with Crippen LogP contribution < -0.4 is 0 Å². The van der Waals surface area contributed by atoms with E-state index in [1.807, 2.05) is 20.8 Å². The summed E-state index contributed by atoms with van der Waals surface area (Å²) in [6, 6.07) is 0. The molecule has 1 unspecified atom stereocenters. The van der Waals surface area contributed by atoms with Crippen molar-refractivity contribution >= 4 is 25.9 Å². The van der Waals surface area contributed by atoms with Gasteiger partial charge >= 0.3 is 0 Å². The highest BCUT2D eigenvalue weighted by molar-refractivity contribution is 7.91. The first-order chi connectivity index (χ1) is 8.27. The van der Waals surface area contributed by atoms with Crippen molar-refractivity contribution in [1.82, 2.24) is 0 Å². The third-order valence-electron chi connectivity index (χ3n) is 3.43. The van der Waals surface area contributed by atoms with Crippen LogP contribution in [0.3, 0.4) is 0 Å². The van der Waals surface area contributed by atoms with Crippen molar-refractivity contribution < 1.29 is 8.98 Å². The molecule has 2 atom stereocenters. The van der Waals surface area contributed by atoms with Crippen LogP contribution in [-0.4, -0.2) is 29.9 Å². The van der Waals surface area contributed by atoms with Crippen LogP contribution in [0, 0.1) is 0 Å². The average Bonchev–Trinajstić information content (AvgIpc) is 2.12. The van der Waals surface area contributed by atoms with E-state index in [0.717, 1.165) is 0 Å². The second-order valence-corrected chi connectivity index (χ2v) is 14.3. The predicted molar refractivity (Wildman–Crippen MR) is 88.7 cm³/mol. The van der Waals surface area contributed by atoms with Gasteiger partial charge < -0.3 is 8.98 Å². The topological polar surface area (TPSA) is 44.7 Å². The summed E-state index contributed by atoms with van der Waals surface area (Å²) in [5.41, 5.74) is 0. The minimum Gasteiger partial charge on any atom is -0.591 e. The lowest BCUT2D eigenvalue weighted by Gasteiger charge is -2.38. The third kappa shape index (κ3) is 6.93. The zero-order valence-corrected chi connectivity index (χ0v) is 15.9. The predicted octanol–water partition coefficient (Wildman–Crippen LogP) is 4.32. The molecular formula is C14H31NO2SSi. The van der Waals surface area contributed by atoms with Crippen LogP contribution in [0.1, 0.15) is 54.9 Å². The highest BCUT2D eigenvalue weighted by Crippen LogP contribution is 2.37. The van der Waals surface area contributed by atoms with Gasteiger partial charge in [-0.3, -0.25) is 0 Å². The van der Waals surface area contributed by atoms with Crippen LogP contribution >= 0.6 is 0 Å². The molecule has 0 spiro atoms. The van der Waals surface area contributed by atoms with Crippen LogP contribution in [0.25, 0.3) is 0 Å². The van der Waals surface area contributed by atoms with Gasteiger partial charge in [0, 0.05) is 12.5 Å². The zero-order chi connectivity index (χ0) is 15.5. The summed E-state index contributed by atoms with van der Waals surface area (Å²) in [5, 5.41) is 0.215. The molecule has 0 rings (SSSR count). The van der Waals surface area contributed by atoms with E-state index in [4.69, 9.17) is 4.43 Å². The normalized spacial score (nSPS) is 17.8. The van der Waals surface area contributed by atoms with Gasteiger partial charge in [-0.05, 0) is 45.8 Å². The Morgan fingerprint density at radius 1 is 1.21 bits per heavy atom. The van der Waals surface area contributed by atoms with Gasteiger partial charge in [0.25, 0.3) is 0 Å². The molecule has 19 heavy (non-hydrogen) atoms. The molecule has 3 nitrogen and oxygen atoms in total. The van der Waals surface area contributed by atoms with E-state index in [-0.39, 0.29) is 15.9 Å². The SMILES string of the molecule is C[C@@H](CC=N[S+]([O-])C(C)(C)C)O[Si](C)(C)C(C)(C)C. The fourth-order valence-electron chi connectivity index (χ4n) is 1.15. The molecule has 0 heterocycles. The molecule has 114 valence electrons. The fraction of sp³-hybridized carbons (Fsp3) is 0.929. The smallest absolute Gasteiger partial charge is 0.192 e. The summed E-state index contributed by atoms with van der Waals surface area (Å²) in [4.78, 5) is 0. The van der Waals surface area contributed by atoms with Gasteiger partial charge in [0.05, 0.1) is 6.21 Å². The van der Waals surface area contributed by atoms with Crippen LogP contribution in [-0.2, 0) is 15.8 Å². The Labute approximate surface area is 123 Å². The number of hydrogen-bond acceptors (Lipinski definition) is 3. The van der Waals surface area contributed by atoms with E-state index in [1.54, 1.807) is 6.21 Å². The molecule has 0 amide bonds. The molecule has 0 aliphatic carbocycles. The first-order valence-corrected chi connectivity index (χ1v) is 10.9. The van der Waals surface area contributed by atoms with Crippen LogP contribution in [0.4, 0.5) is 0 Å². The molecule has 0 bridgehead atoms. The molecule has 0 N–H and O–H groups in total. The van der Waals surface area contributed by atoms with E-state index >= 15 is 0 Å². The summed E-state index contributed by atoms with van der Waals surface area (Å²) in [6.07, 6.45) is 2.59.